The zero-order valence-electron chi connectivity index (χ0n) is 15.6. The van der Waals surface area contributed by atoms with Crippen LogP contribution in [0.25, 0.3) is 11.3 Å². The summed E-state index contributed by atoms with van der Waals surface area (Å²) in [6, 6.07) is 11.9. The normalized spacial score (nSPS) is 25.8. The van der Waals surface area contributed by atoms with E-state index in [0.29, 0.717) is 37.0 Å². The molecule has 0 aliphatic carbocycles. The zero-order valence-corrected chi connectivity index (χ0v) is 15.6. The third kappa shape index (κ3) is 3.87. The lowest BCUT2D eigenvalue weighted by Gasteiger charge is -2.18. The van der Waals surface area contributed by atoms with Crippen molar-refractivity contribution in [2.75, 3.05) is 18.5 Å². The minimum atomic E-state index is -0.296. The highest BCUT2D eigenvalue weighted by Crippen LogP contribution is 2.29. The molecule has 0 radical (unpaired) electrons. The highest BCUT2D eigenvalue weighted by atomic mass is 19.1. The maximum Gasteiger partial charge on any atom is 0.223 e. The van der Waals surface area contributed by atoms with Crippen LogP contribution in [0.3, 0.4) is 0 Å². The first-order valence-corrected chi connectivity index (χ1v) is 9.61. The number of halogens is 1. The Labute approximate surface area is 167 Å². The molecule has 2 aromatic heterocycles. The molecular weight excluding hydrogens is 375 g/mol. The standard InChI is InChI=1S/C21H21FN4O3/c22-14-4-1-3-13(9-14)16-6-7-23-21(25-16)26-18-12-29-19-17(11-28-20(18)19)24-10-15-5-2-8-27-15/h1-9,17-20,24H,10-12H2,(H,23,25,26). The van der Waals surface area contributed by atoms with Crippen molar-refractivity contribution in [2.24, 2.45) is 0 Å². The quantitative estimate of drug-likeness (QED) is 0.663. The first-order valence-electron chi connectivity index (χ1n) is 9.61. The van der Waals surface area contributed by atoms with Crippen LogP contribution in [0.5, 0.6) is 0 Å². The Hall–Kier alpha value is -2.81. The SMILES string of the molecule is Fc1cccc(-c2ccnc(NC3COC4C(NCc5ccco5)COC34)n2)c1. The fourth-order valence-corrected chi connectivity index (χ4v) is 3.85. The summed E-state index contributed by atoms with van der Waals surface area (Å²) in [6.07, 6.45) is 3.18. The van der Waals surface area contributed by atoms with Gasteiger partial charge >= 0.3 is 0 Å². The summed E-state index contributed by atoms with van der Waals surface area (Å²) in [4.78, 5) is 8.82. The minimum absolute atomic E-state index is 0.0473. The Morgan fingerprint density at radius 2 is 1.90 bits per heavy atom. The van der Waals surface area contributed by atoms with Gasteiger partial charge in [-0.15, -0.1) is 0 Å². The van der Waals surface area contributed by atoms with Crippen molar-refractivity contribution in [3.8, 4) is 11.3 Å². The van der Waals surface area contributed by atoms with Gasteiger partial charge in [-0.05, 0) is 30.3 Å². The third-order valence-corrected chi connectivity index (χ3v) is 5.26. The van der Waals surface area contributed by atoms with Crippen molar-refractivity contribution in [1.29, 1.82) is 0 Å². The zero-order chi connectivity index (χ0) is 19.6. The molecule has 0 bridgehead atoms. The van der Waals surface area contributed by atoms with Crippen LogP contribution in [-0.2, 0) is 16.0 Å². The fourth-order valence-electron chi connectivity index (χ4n) is 3.85. The van der Waals surface area contributed by atoms with Crippen molar-refractivity contribution >= 4 is 5.95 Å². The molecule has 1 aromatic carbocycles. The number of anilines is 1. The topological polar surface area (TPSA) is 81.4 Å². The number of furan rings is 1. The number of hydrogen-bond donors (Lipinski definition) is 2. The van der Waals surface area contributed by atoms with Gasteiger partial charge in [0.1, 0.15) is 23.8 Å². The average Bonchev–Trinajstić information content (AvgIpc) is 3.46. The average molecular weight is 396 g/mol. The number of nitrogens with one attached hydrogen (secondary N) is 2. The molecule has 3 aromatic rings. The van der Waals surface area contributed by atoms with Crippen LogP contribution in [0.1, 0.15) is 5.76 Å². The van der Waals surface area contributed by atoms with Crippen LogP contribution < -0.4 is 10.6 Å². The molecule has 7 nitrogen and oxygen atoms in total. The highest BCUT2D eigenvalue weighted by molar-refractivity contribution is 5.60. The van der Waals surface area contributed by atoms with Gasteiger partial charge in [0.2, 0.25) is 5.95 Å². The first-order chi connectivity index (χ1) is 14.3. The summed E-state index contributed by atoms with van der Waals surface area (Å²) in [5, 5.41) is 6.75. The molecule has 5 rings (SSSR count). The largest absolute Gasteiger partial charge is 0.468 e. The number of hydrogen-bond acceptors (Lipinski definition) is 7. The van der Waals surface area contributed by atoms with Gasteiger partial charge in [-0.3, -0.25) is 0 Å². The van der Waals surface area contributed by atoms with Crippen molar-refractivity contribution in [2.45, 2.75) is 30.8 Å². The molecule has 4 heterocycles. The summed E-state index contributed by atoms with van der Waals surface area (Å²) >= 11 is 0. The van der Waals surface area contributed by atoms with Crippen molar-refractivity contribution in [3.63, 3.8) is 0 Å². The number of fused-ring (bicyclic) bond motifs is 1. The summed E-state index contributed by atoms with van der Waals surface area (Å²) in [5.41, 5.74) is 1.36. The molecule has 2 N–H and O–H groups in total. The molecule has 8 heteroatoms. The monoisotopic (exact) mass is 396 g/mol. The van der Waals surface area contributed by atoms with E-state index < -0.39 is 0 Å². The predicted molar refractivity (Wildman–Crippen MR) is 104 cm³/mol. The molecule has 2 fully saturated rings. The summed E-state index contributed by atoms with van der Waals surface area (Å²) < 4.78 is 30.9. The van der Waals surface area contributed by atoms with Crippen LogP contribution in [0.2, 0.25) is 0 Å². The van der Waals surface area contributed by atoms with Gasteiger partial charge in [0, 0.05) is 11.8 Å². The lowest BCUT2D eigenvalue weighted by Crippen LogP contribution is -2.41. The molecular formula is C21H21FN4O3. The Morgan fingerprint density at radius 3 is 2.72 bits per heavy atom. The number of ether oxygens (including phenoxy) is 2. The van der Waals surface area contributed by atoms with Gasteiger partial charge in [-0.25, -0.2) is 14.4 Å². The van der Waals surface area contributed by atoms with Crippen molar-refractivity contribution in [1.82, 2.24) is 15.3 Å². The molecule has 29 heavy (non-hydrogen) atoms. The highest BCUT2D eigenvalue weighted by Gasteiger charge is 2.47. The number of benzene rings is 1. The van der Waals surface area contributed by atoms with E-state index in [4.69, 9.17) is 13.9 Å². The third-order valence-electron chi connectivity index (χ3n) is 5.26. The fraction of sp³-hybridized carbons (Fsp3) is 0.333. The van der Waals surface area contributed by atoms with Crippen molar-refractivity contribution in [3.05, 3.63) is 66.5 Å². The van der Waals surface area contributed by atoms with Gasteiger partial charge in [0.05, 0.1) is 43.8 Å². The first kappa shape index (κ1) is 18.2. The van der Waals surface area contributed by atoms with Crippen LogP contribution in [0, 0.1) is 5.82 Å². The van der Waals surface area contributed by atoms with Gasteiger partial charge in [-0.2, -0.15) is 0 Å². The van der Waals surface area contributed by atoms with Gasteiger partial charge in [0.25, 0.3) is 0 Å². The van der Waals surface area contributed by atoms with Crippen LogP contribution in [0.15, 0.2) is 59.3 Å². The van der Waals surface area contributed by atoms with Crippen LogP contribution in [0.4, 0.5) is 10.3 Å². The summed E-state index contributed by atoms with van der Waals surface area (Å²) in [6.45, 7) is 1.70. The van der Waals surface area contributed by atoms with E-state index in [9.17, 15) is 4.39 Å². The second kappa shape index (κ2) is 7.90. The predicted octanol–water partition coefficient (Wildman–Crippen LogP) is 2.61. The Balaban J connectivity index is 1.24. The van der Waals surface area contributed by atoms with Gasteiger partial charge < -0.3 is 24.5 Å². The van der Waals surface area contributed by atoms with Crippen LogP contribution >= 0.6 is 0 Å². The molecule has 4 unspecified atom stereocenters. The summed E-state index contributed by atoms with van der Waals surface area (Å²) in [5.74, 6) is 1.05. The van der Waals surface area contributed by atoms with Gasteiger partial charge in [-0.1, -0.05) is 12.1 Å². The molecule has 2 aliphatic rings. The maximum absolute atomic E-state index is 13.5. The van der Waals surface area contributed by atoms with Gasteiger partial charge in [0.15, 0.2) is 0 Å². The second-order valence-corrected chi connectivity index (χ2v) is 7.19. The smallest absolute Gasteiger partial charge is 0.223 e. The lowest BCUT2D eigenvalue weighted by molar-refractivity contribution is 0.0673. The minimum Gasteiger partial charge on any atom is -0.468 e. The Kier molecular flexibility index (Phi) is 4.97. The number of rotatable bonds is 6. The van der Waals surface area contributed by atoms with E-state index in [0.717, 1.165) is 5.76 Å². The van der Waals surface area contributed by atoms with E-state index >= 15 is 0 Å². The second-order valence-electron chi connectivity index (χ2n) is 7.19. The van der Waals surface area contributed by atoms with Crippen LogP contribution in [-0.4, -0.2) is 47.5 Å². The van der Waals surface area contributed by atoms with E-state index in [-0.39, 0.29) is 30.1 Å². The maximum atomic E-state index is 13.5. The molecule has 2 saturated heterocycles. The number of nitrogens with zero attached hydrogens (tertiary/aromatic N) is 2. The Bertz CT molecular complexity index is 968. The molecule has 2 aliphatic heterocycles. The summed E-state index contributed by atoms with van der Waals surface area (Å²) in [7, 11) is 0. The van der Waals surface area contributed by atoms with Crippen molar-refractivity contribution < 1.29 is 18.3 Å². The molecule has 4 atom stereocenters. The van der Waals surface area contributed by atoms with E-state index in [1.807, 2.05) is 18.2 Å². The lowest BCUT2D eigenvalue weighted by atomic mass is 10.1. The van der Waals surface area contributed by atoms with E-state index in [2.05, 4.69) is 20.6 Å². The molecule has 150 valence electrons. The number of aromatic nitrogens is 2. The van der Waals surface area contributed by atoms with E-state index in [1.165, 1.54) is 12.1 Å². The molecule has 0 spiro atoms. The molecule has 0 saturated carbocycles. The van der Waals surface area contributed by atoms with E-state index in [1.54, 1.807) is 24.6 Å². The molecule has 0 amide bonds. The Morgan fingerprint density at radius 1 is 1.03 bits per heavy atom.